The number of aromatic nitrogens is 2. The van der Waals surface area contributed by atoms with Crippen LogP contribution < -0.4 is 0 Å². The first-order chi connectivity index (χ1) is 25.2. The van der Waals surface area contributed by atoms with Crippen LogP contribution in [0.4, 0.5) is 0 Å². The maximum atomic E-state index is 10.3. The number of thiophene rings is 1. The van der Waals surface area contributed by atoms with Crippen molar-refractivity contribution in [2.24, 2.45) is 0 Å². The van der Waals surface area contributed by atoms with Gasteiger partial charge < -0.3 is 9.13 Å². The smallest absolute Gasteiger partial charge is 0.101 e. The van der Waals surface area contributed by atoms with Crippen molar-refractivity contribution in [2.75, 3.05) is 0 Å². The minimum Gasteiger partial charge on any atom is -0.309 e. The maximum Gasteiger partial charge on any atom is 0.101 e. The minimum atomic E-state index is 0.615. The molecule has 3 heterocycles. The van der Waals surface area contributed by atoms with Crippen LogP contribution >= 0.6 is 11.3 Å². The van der Waals surface area contributed by atoms with Crippen molar-refractivity contribution in [3.8, 4) is 40.7 Å². The summed E-state index contributed by atoms with van der Waals surface area (Å²) in [4.78, 5) is 0. The second kappa shape index (κ2) is 10.9. The van der Waals surface area contributed by atoms with Gasteiger partial charge in [0.25, 0.3) is 0 Å². The fraction of sp³-hybridized carbons (Fsp3) is 0. The third kappa shape index (κ3) is 4.11. The number of hydrogen-bond acceptors (Lipinski definition) is 4. The molecule has 51 heavy (non-hydrogen) atoms. The zero-order chi connectivity index (χ0) is 34.2. The molecular weight excluding hydrogens is 643 g/mol. The van der Waals surface area contributed by atoms with E-state index in [0.717, 1.165) is 86.3 Å². The Labute approximate surface area is 295 Å². The molecule has 3 aromatic heterocycles. The zero-order valence-corrected chi connectivity index (χ0v) is 27.7. The number of nitriles is 3. The predicted octanol–water partition coefficient (Wildman–Crippen LogP) is 11.5. The van der Waals surface area contributed by atoms with E-state index in [2.05, 4.69) is 118 Å². The number of fused-ring (bicyclic) bond motifs is 10. The van der Waals surface area contributed by atoms with E-state index >= 15 is 0 Å². The Kier molecular flexibility index (Phi) is 6.17. The third-order valence-corrected chi connectivity index (χ3v) is 11.3. The molecule has 0 N–H and O–H groups in total. The molecule has 0 saturated heterocycles. The molecule has 7 aromatic carbocycles. The minimum absolute atomic E-state index is 0.615. The van der Waals surface area contributed by atoms with Crippen molar-refractivity contribution < 1.29 is 0 Å². The molecule has 0 aliphatic rings. The first kappa shape index (κ1) is 28.8. The van der Waals surface area contributed by atoms with Gasteiger partial charge in [-0.05, 0) is 77.9 Å². The van der Waals surface area contributed by atoms with Crippen LogP contribution in [-0.2, 0) is 0 Å². The average molecular weight is 666 g/mol. The molecule has 0 radical (unpaired) electrons. The van der Waals surface area contributed by atoms with Gasteiger partial charge in [0.1, 0.15) is 12.1 Å². The summed E-state index contributed by atoms with van der Waals surface area (Å²) in [6.07, 6.45) is 0. The Bertz CT molecular complexity index is 3240. The second-order valence-corrected chi connectivity index (χ2v) is 13.7. The van der Waals surface area contributed by atoms with Crippen LogP contribution in [0.15, 0.2) is 140 Å². The van der Waals surface area contributed by atoms with Crippen LogP contribution in [-0.4, -0.2) is 9.13 Å². The van der Waals surface area contributed by atoms with E-state index in [1.54, 1.807) is 0 Å². The zero-order valence-electron chi connectivity index (χ0n) is 26.9. The topological polar surface area (TPSA) is 81.2 Å². The summed E-state index contributed by atoms with van der Waals surface area (Å²) in [5.41, 5.74) is 10.3. The average Bonchev–Trinajstić information content (AvgIpc) is 3.85. The molecule has 10 rings (SSSR count). The summed E-state index contributed by atoms with van der Waals surface area (Å²) < 4.78 is 6.37. The highest BCUT2D eigenvalue weighted by Crippen LogP contribution is 2.45. The molecule has 0 aliphatic carbocycles. The third-order valence-electron chi connectivity index (χ3n) is 9.98. The van der Waals surface area contributed by atoms with Gasteiger partial charge in [-0.3, -0.25) is 0 Å². The Morgan fingerprint density at radius 3 is 1.75 bits per heavy atom. The molecule has 234 valence electrons. The summed E-state index contributed by atoms with van der Waals surface area (Å²) in [7, 11) is 0. The van der Waals surface area contributed by atoms with Crippen LogP contribution in [0.2, 0.25) is 0 Å². The highest BCUT2D eigenvalue weighted by atomic mass is 32.1. The lowest BCUT2D eigenvalue weighted by molar-refractivity contribution is 1.18. The number of nitrogens with zero attached hydrogens (tertiary/aromatic N) is 5. The summed E-state index contributed by atoms with van der Waals surface area (Å²) in [6, 6.07) is 54.7. The monoisotopic (exact) mass is 665 g/mol. The molecule has 0 saturated carbocycles. The van der Waals surface area contributed by atoms with Gasteiger partial charge in [-0.25, -0.2) is 0 Å². The molecule has 0 bridgehead atoms. The van der Waals surface area contributed by atoms with Crippen LogP contribution in [0.5, 0.6) is 0 Å². The van der Waals surface area contributed by atoms with Gasteiger partial charge in [-0.2, -0.15) is 15.8 Å². The molecule has 0 aliphatic heterocycles. The molecule has 0 spiro atoms. The van der Waals surface area contributed by atoms with E-state index in [-0.39, 0.29) is 0 Å². The SMILES string of the molecule is N#Cc1ccc2c(c1)c1ccccc1n2-c1cccc(-c2cccc(-n3c4ccccc4c4cc(C#N)c5sc6c(C#N)cccc6c5c43)c2)c1. The fourth-order valence-corrected chi connectivity index (χ4v) is 9.05. The van der Waals surface area contributed by atoms with Crippen LogP contribution in [0.25, 0.3) is 86.3 Å². The predicted molar refractivity (Wildman–Crippen MR) is 208 cm³/mol. The first-order valence-corrected chi connectivity index (χ1v) is 17.3. The molecule has 0 amide bonds. The van der Waals surface area contributed by atoms with Crippen molar-refractivity contribution >= 4 is 75.1 Å². The quantitative estimate of drug-likeness (QED) is 0.188. The van der Waals surface area contributed by atoms with E-state index in [0.29, 0.717) is 16.7 Å². The maximum absolute atomic E-state index is 10.3. The standard InChI is InChI=1S/C45H23N5S/c46-24-27-18-19-41-37(20-27)34-13-1-3-16-39(34)49(41)32-11-5-8-28(21-32)29-9-6-12-33(22-29)50-40-17-4-2-14-35(40)38-23-31(26-48)45-42(43(38)50)36-15-7-10-30(25-47)44(36)51-45/h1-23H. The van der Waals surface area contributed by atoms with E-state index < -0.39 is 0 Å². The fourth-order valence-electron chi connectivity index (χ4n) is 7.82. The van der Waals surface area contributed by atoms with Crippen molar-refractivity contribution in [3.05, 3.63) is 156 Å². The Morgan fingerprint density at radius 1 is 0.431 bits per heavy atom. The van der Waals surface area contributed by atoms with Crippen LogP contribution in [0, 0.1) is 34.0 Å². The van der Waals surface area contributed by atoms with Crippen molar-refractivity contribution in [3.63, 3.8) is 0 Å². The van der Waals surface area contributed by atoms with E-state index in [4.69, 9.17) is 0 Å². The first-order valence-electron chi connectivity index (χ1n) is 16.5. The summed E-state index contributed by atoms with van der Waals surface area (Å²) >= 11 is 1.52. The number of hydrogen-bond donors (Lipinski definition) is 0. The molecule has 0 fully saturated rings. The number of rotatable bonds is 3. The number of para-hydroxylation sites is 2. The van der Waals surface area contributed by atoms with Gasteiger partial charge in [-0.15, -0.1) is 11.3 Å². The van der Waals surface area contributed by atoms with E-state index in [1.165, 1.54) is 11.3 Å². The van der Waals surface area contributed by atoms with Gasteiger partial charge in [0, 0.05) is 43.7 Å². The lowest BCUT2D eigenvalue weighted by atomic mass is 10.0. The molecule has 10 aromatic rings. The Morgan fingerprint density at radius 2 is 1.04 bits per heavy atom. The summed E-state index contributed by atoms with van der Waals surface area (Å²) in [6.45, 7) is 0. The molecule has 6 heteroatoms. The van der Waals surface area contributed by atoms with Gasteiger partial charge in [0.2, 0.25) is 0 Å². The lowest BCUT2D eigenvalue weighted by Gasteiger charge is -2.13. The molecule has 0 unspecified atom stereocenters. The van der Waals surface area contributed by atoms with Crippen LogP contribution in [0.1, 0.15) is 16.7 Å². The van der Waals surface area contributed by atoms with Crippen LogP contribution in [0.3, 0.4) is 0 Å². The Hall–Kier alpha value is -7.17. The van der Waals surface area contributed by atoms with Crippen molar-refractivity contribution in [1.82, 2.24) is 9.13 Å². The summed E-state index contributed by atoms with van der Waals surface area (Å²) in [5, 5.41) is 36.1. The van der Waals surface area contributed by atoms with E-state index in [9.17, 15) is 15.8 Å². The van der Waals surface area contributed by atoms with E-state index in [1.807, 2.05) is 48.5 Å². The highest BCUT2D eigenvalue weighted by Gasteiger charge is 2.22. The Balaban J connectivity index is 1.22. The number of benzene rings is 7. The van der Waals surface area contributed by atoms with Gasteiger partial charge in [0.05, 0.1) is 54.2 Å². The van der Waals surface area contributed by atoms with Gasteiger partial charge >= 0.3 is 0 Å². The molecular formula is C45H23N5S. The largest absolute Gasteiger partial charge is 0.309 e. The normalized spacial score (nSPS) is 11.5. The van der Waals surface area contributed by atoms with Gasteiger partial charge in [0.15, 0.2) is 0 Å². The summed E-state index contributed by atoms with van der Waals surface area (Å²) in [5.74, 6) is 0. The van der Waals surface area contributed by atoms with Gasteiger partial charge in [-0.1, -0.05) is 72.8 Å². The van der Waals surface area contributed by atoms with Crippen molar-refractivity contribution in [2.45, 2.75) is 0 Å². The van der Waals surface area contributed by atoms with Crippen molar-refractivity contribution in [1.29, 1.82) is 15.8 Å². The molecule has 5 nitrogen and oxygen atoms in total. The lowest BCUT2D eigenvalue weighted by Crippen LogP contribution is -1.96. The highest BCUT2D eigenvalue weighted by molar-refractivity contribution is 7.26. The molecule has 0 atom stereocenters. The second-order valence-electron chi connectivity index (χ2n) is 12.7.